The molecule has 2 nitrogen and oxygen atoms in total. The number of hydrogen-bond acceptors (Lipinski definition) is 2. The number of benzene rings is 2. The standard InChI is InChI=1S/C14H13FO2S/c1-11-6-8-12(9-7-11)10-18(16,17)14-5-3-2-4-13(14)15/h2-9H,10H2,1H3. The largest absolute Gasteiger partial charge is 0.223 e. The van der Waals surface area contributed by atoms with Crippen LogP contribution in [-0.2, 0) is 15.6 Å². The molecule has 0 aliphatic rings. The molecule has 0 radical (unpaired) electrons. The molecule has 2 aromatic carbocycles. The zero-order chi connectivity index (χ0) is 13.2. The minimum atomic E-state index is -3.63. The molecule has 0 aliphatic heterocycles. The quantitative estimate of drug-likeness (QED) is 0.853. The highest BCUT2D eigenvalue weighted by molar-refractivity contribution is 7.90. The monoisotopic (exact) mass is 264 g/mol. The maximum atomic E-state index is 13.5. The highest BCUT2D eigenvalue weighted by atomic mass is 32.2. The molecule has 0 N–H and O–H groups in total. The van der Waals surface area contributed by atoms with E-state index in [1.54, 1.807) is 12.1 Å². The molecule has 0 saturated heterocycles. The Hall–Kier alpha value is -1.68. The molecule has 0 unspecified atom stereocenters. The van der Waals surface area contributed by atoms with Gasteiger partial charge < -0.3 is 0 Å². The zero-order valence-electron chi connectivity index (χ0n) is 9.93. The van der Waals surface area contributed by atoms with Crippen molar-refractivity contribution in [2.75, 3.05) is 0 Å². The lowest BCUT2D eigenvalue weighted by Crippen LogP contribution is -2.07. The van der Waals surface area contributed by atoms with Crippen molar-refractivity contribution in [3.8, 4) is 0 Å². The normalized spacial score (nSPS) is 11.4. The molecule has 0 saturated carbocycles. The summed E-state index contributed by atoms with van der Waals surface area (Å²) in [5, 5.41) is 0. The van der Waals surface area contributed by atoms with Crippen LogP contribution >= 0.6 is 0 Å². The summed E-state index contributed by atoms with van der Waals surface area (Å²) in [6.07, 6.45) is 0. The van der Waals surface area contributed by atoms with Crippen molar-refractivity contribution < 1.29 is 12.8 Å². The first-order valence-electron chi connectivity index (χ1n) is 5.52. The van der Waals surface area contributed by atoms with E-state index in [1.165, 1.54) is 18.2 Å². The Kier molecular flexibility index (Phi) is 3.48. The van der Waals surface area contributed by atoms with Gasteiger partial charge in [-0.15, -0.1) is 0 Å². The fourth-order valence-electron chi connectivity index (χ4n) is 1.68. The van der Waals surface area contributed by atoms with Gasteiger partial charge in [-0.2, -0.15) is 0 Å². The van der Waals surface area contributed by atoms with Gasteiger partial charge in [0.15, 0.2) is 9.84 Å². The second-order valence-electron chi connectivity index (χ2n) is 4.18. The van der Waals surface area contributed by atoms with Gasteiger partial charge in [0.05, 0.1) is 5.75 Å². The number of aryl methyl sites for hydroxylation is 1. The third-order valence-electron chi connectivity index (χ3n) is 2.65. The van der Waals surface area contributed by atoms with Crippen molar-refractivity contribution in [2.45, 2.75) is 17.6 Å². The number of sulfone groups is 1. The van der Waals surface area contributed by atoms with Gasteiger partial charge in [-0.3, -0.25) is 0 Å². The van der Waals surface area contributed by atoms with Crippen molar-refractivity contribution in [3.05, 3.63) is 65.5 Å². The summed E-state index contributed by atoms with van der Waals surface area (Å²) < 4.78 is 37.6. The Morgan fingerprint density at radius 3 is 2.22 bits per heavy atom. The van der Waals surface area contributed by atoms with Crippen LogP contribution in [0.15, 0.2) is 53.4 Å². The molecule has 4 heteroatoms. The predicted octanol–water partition coefficient (Wildman–Crippen LogP) is 3.11. The van der Waals surface area contributed by atoms with Crippen LogP contribution in [0.3, 0.4) is 0 Å². The van der Waals surface area contributed by atoms with E-state index in [2.05, 4.69) is 0 Å². The van der Waals surface area contributed by atoms with Crippen LogP contribution < -0.4 is 0 Å². The van der Waals surface area contributed by atoms with Gasteiger partial charge in [-0.25, -0.2) is 12.8 Å². The minimum absolute atomic E-state index is 0.186. The van der Waals surface area contributed by atoms with Crippen LogP contribution in [0.1, 0.15) is 11.1 Å². The zero-order valence-corrected chi connectivity index (χ0v) is 10.7. The molecule has 94 valence electrons. The van der Waals surface area contributed by atoms with Crippen molar-refractivity contribution in [2.24, 2.45) is 0 Å². The summed E-state index contributed by atoms with van der Waals surface area (Å²) in [6, 6.07) is 12.6. The molecule has 2 rings (SSSR count). The van der Waals surface area contributed by atoms with E-state index in [9.17, 15) is 12.8 Å². The first kappa shape index (κ1) is 12.8. The average Bonchev–Trinajstić information content (AvgIpc) is 2.32. The van der Waals surface area contributed by atoms with Crippen LogP contribution in [0.5, 0.6) is 0 Å². The lowest BCUT2D eigenvalue weighted by Gasteiger charge is -2.06. The first-order valence-corrected chi connectivity index (χ1v) is 7.17. The summed E-state index contributed by atoms with van der Waals surface area (Å²) >= 11 is 0. The van der Waals surface area contributed by atoms with Crippen molar-refractivity contribution in [3.63, 3.8) is 0 Å². The first-order chi connectivity index (χ1) is 8.49. The lowest BCUT2D eigenvalue weighted by atomic mass is 10.2. The van der Waals surface area contributed by atoms with Crippen LogP contribution in [0.4, 0.5) is 4.39 Å². The Morgan fingerprint density at radius 2 is 1.61 bits per heavy atom. The third-order valence-corrected chi connectivity index (χ3v) is 4.36. The van der Waals surface area contributed by atoms with E-state index in [1.807, 2.05) is 19.1 Å². The molecule has 0 bridgehead atoms. The second kappa shape index (κ2) is 4.90. The van der Waals surface area contributed by atoms with E-state index in [4.69, 9.17) is 0 Å². The van der Waals surface area contributed by atoms with Crippen molar-refractivity contribution in [1.82, 2.24) is 0 Å². The molecule has 0 aromatic heterocycles. The van der Waals surface area contributed by atoms with Gasteiger partial charge in [0.2, 0.25) is 0 Å². The van der Waals surface area contributed by atoms with Crippen LogP contribution in [-0.4, -0.2) is 8.42 Å². The Morgan fingerprint density at radius 1 is 1.00 bits per heavy atom. The van der Waals surface area contributed by atoms with E-state index >= 15 is 0 Å². The van der Waals surface area contributed by atoms with E-state index in [0.717, 1.165) is 11.6 Å². The van der Waals surface area contributed by atoms with Gasteiger partial charge in [0.1, 0.15) is 10.7 Å². The van der Waals surface area contributed by atoms with E-state index in [-0.39, 0.29) is 10.6 Å². The molecule has 0 spiro atoms. The highest BCUT2D eigenvalue weighted by Crippen LogP contribution is 2.19. The van der Waals surface area contributed by atoms with Gasteiger partial charge >= 0.3 is 0 Å². The maximum Gasteiger partial charge on any atom is 0.185 e. The lowest BCUT2D eigenvalue weighted by molar-refractivity contribution is 0.566. The molecule has 0 aliphatic carbocycles. The van der Waals surface area contributed by atoms with Gasteiger partial charge in [0, 0.05) is 0 Å². The van der Waals surface area contributed by atoms with Crippen molar-refractivity contribution >= 4 is 9.84 Å². The number of hydrogen-bond donors (Lipinski definition) is 0. The van der Waals surface area contributed by atoms with Crippen LogP contribution in [0, 0.1) is 12.7 Å². The summed E-state index contributed by atoms with van der Waals surface area (Å²) in [6.45, 7) is 1.93. The highest BCUT2D eigenvalue weighted by Gasteiger charge is 2.18. The Balaban J connectivity index is 2.33. The molecular weight excluding hydrogens is 251 g/mol. The minimum Gasteiger partial charge on any atom is -0.223 e. The van der Waals surface area contributed by atoms with E-state index in [0.29, 0.717) is 5.56 Å². The predicted molar refractivity (Wildman–Crippen MR) is 68.5 cm³/mol. The van der Waals surface area contributed by atoms with Crippen LogP contribution in [0.2, 0.25) is 0 Å². The fourth-order valence-corrected chi connectivity index (χ4v) is 3.12. The molecule has 0 atom stereocenters. The summed E-state index contributed by atoms with van der Waals surface area (Å²) in [5.41, 5.74) is 1.71. The topological polar surface area (TPSA) is 34.1 Å². The summed E-state index contributed by atoms with van der Waals surface area (Å²) in [7, 11) is -3.63. The van der Waals surface area contributed by atoms with Gasteiger partial charge in [-0.1, -0.05) is 42.0 Å². The third kappa shape index (κ3) is 2.76. The van der Waals surface area contributed by atoms with Crippen molar-refractivity contribution in [1.29, 1.82) is 0 Å². The fraction of sp³-hybridized carbons (Fsp3) is 0.143. The van der Waals surface area contributed by atoms with Gasteiger partial charge in [0.25, 0.3) is 0 Å². The average molecular weight is 264 g/mol. The SMILES string of the molecule is Cc1ccc(CS(=O)(=O)c2ccccc2F)cc1. The molecular formula is C14H13FO2S. The van der Waals surface area contributed by atoms with Gasteiger partial charge in [-0.05, 0) is 24.6 Å². The number of rotatable bonds is 3. The Labute approximate surface area is 106 Å². The second-order valence-corrected chi connectivity index (χ2v) is 6.13. The molecule has 0 heterocycles. The smallest absolute Gasteiger partial charge is 0.185 e. The molecule has 2 aromatic rings. The van der Waals surface area contributed by atoms with E-state index < -0.39 is 15.7 Å². The molecule has 0 amide bonds. The number of halogens is 1. The summed E-state index contributed by atoms with van der Waals surface area (Å²) in [5.74, 6) is -0.890. The Bertz CT molecular complexity index is 646. The maximum absolute atomic E-state index is 13.5. The molecule has 0 fully saturated rings. The molecule has 18 heavy (non-hydrogen) atoms. The van der Waals surface area contributed by atoms with Crippen LogP contribution in [0.25, 0.3) is 0 Å². The summed E-state index contributed by atoms with van der Waals surface area (Å²) in [4.78, 5) is -0.245.